The fraction of sp³-hybridized carbons (Fsp3) is 0.600. The Morgan fingerprint density at radius 3 is 2.67 bits per heavy atom. The summed E-state index contributed by atoms with van der Waals surface area (Å²) in [7, 11) is 0. The van der Waals surface area contributed by atoms with Crippen LogP contribution in [-0.4, -0.2) is 25.7 Å². The van der Waals surface area contributed by atoms with Crippen molar-refractivity contribution in [1.82, 2.24) is 5.32 Å². The van der Waals surface area contributed by atoms with E-state index in [-0.39, 0.29) is 11.7 Å². The lowest BCUT2D eigenvalue weighted by Gasteiger charge is -2.32. The van der Waals surface area contributed by atoms with E-state index in [0.717, 1.165) is 31.9 Å². The van der Waals surface area contributed by atoms with Crippen LogP contribution in [0.4, 0.5) is 18.9 Å². The molecule has 0 radical (unpaired) electrons. The molecule has 1 atom stereocenters. The molecular formula is C15H20BrF3N2. The second-order valence-corrected chi connectivity index (χ2v) is 6.26. The number of nitrogens with zero attached hydrogens (tertiary/aromatic N) is 1. The Bertz CT molecular complexity index is 470. The SMILES string of the molecule is CCN(CC1CCCCN1)c1ccc(Br)cc1C(F)(F)F. The van der Waals surface area contributed by atoms with Crippen LogP contribution in [0.25, 0.3) is 0 Å². The quantitative estimate of drug-likeness (QED) is 0.849. The number of hydrogen-bond acceptors (Lipinski definition) is 2. The Kier molecular flexibility index (Phi) is 5.54. The number of nitrogens with one attached hydrogen (secondary N) is 1. The maximum atomic E-state index is 13.2. The summed E-state index contributed by atoms with van der Waals surface area (Å²) in [5.74, 6) is 0. The van der Waals surface area contributed by atoms with Gasteiger partial charge in [-0.05, 0) is 44.5 Å². The molecule has 0 saturated carbocycles. The Balaban J connectivity index is 2.24. The number of likely N-dealkylation sites (N-methyl/N-ethyl adjacent to an activating group) is 1. The zero-order valence-electron chi connectivity index (χ0n) is 12.0. The molecule has 1 fully saturated rings. The molecule has 1 aliphatic heterocycles. The highest BCUT2D eigenvalue weighted by molar-refractivity contribution is 9.10. The average molecular weight is 365 g/mol. The Morgan fingerprint density at radius 1 is 1.33 bits per heavy atom. The van der Waals surface area contributed by atoms with Crippen molar-refractivity contribution in [3.8, 4) is 0 Å². The van der Waals surface area contributed by atoms with Crippen molar-refractivity contribution in [2.75, 3.05) is 24.5 Å². The maximum Gasteiger partial charge on any atom is 0.418 e. The lowest BCUT2D eigenvalue weighted by Crippen LogP contribution is -2.44. The van der Waals surface area contributed by atoms with Crippen molar-refractivity contribution in [2.45, 2.75) is 38.4 Å². The molecule has 118 valence electrons. The van der Waals surface area contributed by atoms with E-state index in [4.69, 9.17) is 0 Å². The van der Waals surface area contributed by atoms with Crippen LogP contribution in [0.5, 0.6) is 0 Å². The number of rotatable bonds is 4. The van der Waals surface area contributed by atoms with Crippen molar-refractivity contribution in [1.29, 1.82) is 0 Å². The highest BCUT2D eigenvalue weighted by Gasteiger charge is 2.35. The summed E-state index contributed by atoms with van der Waals surface area (Å²) in [5, 5.41) is 3.39. The smallest absolute Gasteiger partial charge is 0.370 e. The first-order valence-electron chi connectivity index (χ1n) is 7.27. The zero-order chi connectivity index (χ0) is 15.5. The third kappa shape index (κ3) is 4.36. The van der Waals surface area contributed by atoms with Gasteiger partial charge >= 0.3 is 6.18 Å². The summed E-state index contributed by atoms with van der Waals surface area (Å²) >= 11 is 3.13. The topological polar surface area (TPSA) is 15.3 Å². The lowest BCUT2D eigenvalue weighted by atomic mass is 10.0. The van der Waals surface area contributed by atoms with Gasteiger partial charge in [-0.2, -0.15) is 13.2 Å². The molecule has 1 aromatic rings. The zero-order valence-corrected chi connectivity index (χ0v) is 13.6. The molecule has 21 heavy (non-hydrogen) atoms. The van der Waals surface area contributed by atoms with E-state index < -0.39 is 11.7 Å². The Hall–Kier alpha value is -0.750. The van der Waals surface area contributed by atoms with E-state index >= 15 is 0 Å². The minimum absolute atomic E-state index is 0.264. The molecule has 1 aromatic carbocycles. The number of hydrogen-bond donors (Lipinski definition) is 1. The fourth-order valence-electron chi connectivity index (χ4n) is 2.75. The van der Waals surface area contributed by atoms with Gasteiger partial charge < -0.3 is 10.2 Å². The highest BCUT2D eigenvalue weighted by atomic mass is 79.9. The van der Waals surface area contributed by atoms with E-state index in [1.54, 1.807) is 12.1 Å². The van der Waals surface area contributed by atoms with Gasteiger partial charge in [-0.25, -0.2) is 0 Å². The van der Waals surface area contributed by atoms with Crippen molar-refractivity contribution in [3.05, 3.63) is 28.2 Å². The van der Waals surface area contributed by atoms with Crippen LogP contribution in [-0.2, 0) is 6.18 Å². The van der Waals surface area contributed by atoms with Crippen LogP contribution in [0, 0.1) is 0 Å². The third-order valence-corrected chi connectivity index (χ3v) is 4.33. The Morgan fingerprint density at radius 2 is 2.10 bits per heavy atom. The van der Waals surface area contributed by atoms with Gasteiger partial charge in [-0.15, -0.1) is 0 Å². The lowest BCUT2D eigenvalue weighted by molar-refractivity contribution is -0.137. The van der Waals surface area contributed by atoms with Crippen LogP contribution in [0.3, 0.4) is 0 Å². The van der Waals surface area contributed by atoms with E-state index in [9.17, 15) is 13.2 Å². The van der Waals surface area contributed by atoms with Crippen molar-refractivity contribution >= 4 is 21.6 Å². The van der Waals surface area contributed by atoms with E-state index in [1.807, 2.05) is 11.8 Å². The molecule has 0 aromatic heterocycles. The number of halogens is 4. The van der Waals surface area contributed by atoms with Crippen LogP contribution in [0.2, 0.25) is 0 Å². The minimum Gasteiger partial charge on any atom is -0.370 e. The van der Waals surface area contributed by atoms with E-state index in [0.29, 0.717) is 17.6 Å². The highest BCUT2D eigenvalue weighted by Crippen LogP contribution is 2.38. The molecule has 6 heteroatoms. The standard InChI is InChI=1S/C15H20BrF3N2/c1-2-21(10-12-5-3-4-8-20-12)14-7-6-11(16)9-13(14)15(17,18)19/h6-7,9,12,20H,2-5,8,10H2,1H3. The first-order valence-corrected chi connectivity index (χ1v) is 8.06. The molecule has 2 rings (SSSR count). The molecule has 1 N–H and O–H groups in total. The largest absolute Gasteiger partial charge is 0.418 e. The number of alkyl halides is 3. The Labute approximate surface area is 131 Å². The normalized spacial score (nSPS) is 19.6. The van der Waals surface area contributed by atoms with Gasteiger partial charge in [0.25, 0.3) is 0 Å². The second-order valence-electron chi connectivity index (χ2n) is 5.34. The van der Waals surface area contributed by atoms with E-state index in [2.05, 4.69) is 21.2 Å². The first kappa shape index (κ1) is 16.6. The molecule has 0 bridgehead atoms. The van der Waals surface area contributed by atoms with Crippen LogP contribution >= 0.6 is 15.9 Å². The summed E-state index contributed by atoms with van der Waals surface area (Å²) in [6.07, 6.45) is -1.03. The van der Waals surface area contributed by atoms with Crippen molar-refractivity contribution in [3.63, 3.8) is 0 Å². The van der Waals surface area contributed by atoms with Gasteiger partial charge in [0.15, 0.2) is 0 Å². The molecule has 0 aliphatic carbocycles. The first-order chi connectivity index (χ1) is 9.91. The predicted octanol–water partition coefficient (Wildman–Crippen LogP) is 4.44. The summed E-state index contributed by atoms with van der Waals surface area (Å²) in [6, 6.07) is 4.65. The molecular weight excluding hydrogens is 345 g/mol. The van der Waals surface area contributed by atoms with E-state index in [1.165, 1.54) is 0 Å². The van der Waals surface area contributed by atoms with Crippen molar-refractivity contribution in [2.24, 2.45) is 0 Å². The summed E-state index contributed by atoms with van der Waals surface area (Å²) in [5.41, 5.74) is -0.310. The number of piperidine rings is 1. The molecule has 1 unspecified atom stereocenters. The summed E-state index contributed by atoms with van der Waals surface area (Å²) < 4.78 is 40.2. The molecule has 0 amide bonds. The monoisotopic (exact) mass is 364 g/mol. The van der Waals surface area contributed by atoms with Gasteiger partial charge in [0.05, 0.1) is 5.56 Å². The molecule has 2 nitrogen and oxygen atoms in total. The minimum atomic E-state index is -4.34. The molecule has 1 saturated heterocycles. The molecule has 1 aliphatic rings. The van der Waals surface area contributed by atoms with Gasteiger partial charge in [0.2, 0.25) is 0 Å². The van der Waals surface area contributed by atoms with Crippen LogP contribution in [0.1, 0.15) is 31.7 Å². The predicted molar refractivity (Wildman–Crippen MR) is 82.7 cm³/mol. The third-order valence-electron chi connectivity index (χ3n) is 3.84. The van der Waals surface area contributed by atoms with Gasteiger partial charge in [-0.3, -0.25) is 0 Å². The van der Waals surface area contributed by atoms with Gasteiger partial charge in [-0.1, -0.05) is 22.4 Å². The van der Waals surface area contributed by atoms with Gasteiger partial charge in [0, 0.05) is 29.3 Å². The number of benzene rings is 1. The van der Waals surface area contributed by atoms with Gasteiger partial charge in [0.1, 0.15) is 0 Å². The molecule has 0 spiro atoms. The van der Waals surface area contributed by atoms with Crippen LogP contribution in [0.15, 0.2) is 22.7 Å². The van der Waals surface area contributed by atoms with Crippen molar-refractivity contribution < 1.29 is 13.2 Å². The van der Waals surface area contributed by atoms with Crippen LogP contribution < -0.4 is 10.2 Å². The summed E-state index contributed by atoms with van der Waals surface area (Å²) in [4.78, 5) is 1.82. The maximum absolute atomic E-state index is 13.2. The molecule has 1 heterocycles. The number of anilines is 1. The average Bonchev–Trinajstić information content (AvgIpc) is 2.45. The fourth-order valence-corrected chi connectivity index (χ4v) is 3.12. The summed E-state index contributed by atoms with van der Waals surface area (Å²) in [6.45, 7) is 4.02. The second kappa shape index (κ2) is 7.01.